The molecule has 1 unspecified atom stereocenters. The molecule has 2 saturated heterocycles. The largest absolute Gasteiger partial charge is 0.458 e. The Kier molecular flexibility index (Phi) is 2.97. The summed E-state index contributed by atoms with van der Waals surface area (Å²) in [5.74, 6) is 0.584. The minimum atomic E-state index is -0.496. The Morgan fingerprint density at radius 2 is 1.75 bits per heavy atom. The summed E-state index contributed by atoms with van der Waals surface area (Å²) in [5.41, 5.74) is -0.309. The highest BCUT2D eigenvalue weighted by Gasteiger charge is 2.81. The van der Waals surface area contributed by atoms with Crippen LogP contribution in [0.15, 0.2) is 0 Å². The summed E-state index contributed by atoms with van der Waals surface area (Å²) in [4.78, 5) is 12.8. The lowest BCUT2D eigenvalue weighted by Crippen LogP contribution is -2.51. The Morgan fingerprint density at radius 1 is 1.20 bits per heavy atom. The number of carbonyl (C=O) groups is 1. The van der Waals surface area contributed by atoms with E-state index in [0.29, 0.717) is 12.1 Å². The zero-order valence-electron chi connectivity index (χ0n) is 12.0. The first-order valence-electron chi connectivity index (χ1n) is 7.98. The summed E-state index contributed by atoms with van der Waals surface area (Å²) in [6, 6.07) is 0. The maximum absolute atomic E-state index is 12.8. The third-order valence-electron chi connectivity index (χ3n) is 5.98. The molecule has 4 nitrogen and oxygen atoms in total. The van der Waals surface area contributed by atoms with E-state index in [0.717, 1.165) is 12.8 Å². The fourth-order valence-electron chi connectivity index (χ4n) is 4.37. The lowest BCUT2D eigenvalue weighted by Gasteiger charge is -2.37. The van der Waals surface area contributed by atoms with E-state index in [2.05, 4.69) is 33.2 Å². The third-order valence-corrected chi connectivity index (χ3v) is 7.27. The van der Waals surface area contributed by atoms with Gasteiger partial charge in [0.15, 0.2) is 3.42 Å². The van der Waals surface area contributed by atoms with Gasteiger partial charge in [0.05, 0.1) is 6.17 Å². The van der Waals surface area contributed by atoms with Crippen molar-refractivity contribution in [3.05, 3.63) is 0 Å². The van der Waals surface area contributed by atoms with Crippen molar-refractivity contribution in [3.8, 4) is 0 Å². The van der Waals surface area contributed by atoms with Crippen molar-refractivity contribution in [1.29, 1.82) is 0 Å². The van der Waals surface area contributed by atoms with Crippen molar-refractivity contribution in [2.75, 3.05) is 0 Å². The van der Waals surface area contributed by atoms with Crippen LogP contribution in [0, 0.1) is 5.92 Å². The normalized spacial score (nSPS) is 41.0. The Bertz CT molecular complexity index is 433. The molecule has 2 saturated carbocycles. The van der Waals surface area contributed by atoms with Crippen molar-refractivity contribution >= 4 is 28.6 Å². The monoisotopic (exact) mass is 390 g/mol. The van der Waals surface area contributed by atoms with Crippen LogP contribution >= 0.6 is 22.6 Å². The van der Waals surface area contributed by atoms with Crippen molar-refractivity contribution in [2.24, 2.45) is 5.92 Å². The molecule has 2 aliphatic heterocycles. The van der Waals surface area contributed by atoms with Crippen molar-refractivity contribution in [1.82, 2.24) is 10.6 Å². The van der Waals surface area contributed by atoms with Crippen LogP contribution in [0.2, 0.25) is 0 Å². The van der Waals surface area contributed by atoms with Crippen molar-refractivity contribution < 1.29 is 9.53 Å². The molecule has 1 atom stereocenters. The second-order valence-corrected chi connectivity index (χ2v) is 9.33. The van der Waals surface area contributed by atoms with Crippen LogP contribution in [0.3, 0.4) is 0 Å². The maximum Gasteiger partial charge on any atom is 0.325 e. The van der Waals surface area contributed by atoms with Crippen LogP contribution in [-0.2, 0) is 9.53 Å². The van der Waals surface area contributed by atoms with Gasteiger partial charge in [0.1, 0.15) is 11.3 Å². The van der Waals surface area contributed by atoms with Gasteiger partial charge in [0, 0.05) is 0 Å². The summed E-state index contributed by atoms with van der Waals surface area (Å²) in [7, 11) is 0. The van der Waals surface area contributed by atoms with E-state index in [1.807, 2.05) is 6.92 Å². The Balaban J connectivity index is 1.51. The lowest BCUT2D eigenvalue weighted by atomic mass is 9.84. The smallest absolute Gasteiger partial charge is 0.325 e. The maximum atomic E-state index is 12.8. The molecule has 0 amide bonds. The number of fused-ring (bicyclic) bond motifs is 1. The minimum Gasteiger partial charge on any atom is -0.458 e. The molecule has 0 aromatic heterocycles. The fourth-order valence-corrected chi connectivity index (χ4v) is 5.11. The Labute approximate surface area is 133 Å². The fraction of sp³-hybridized carbons (Fsp3) is 0.933. The van der Waals surface area contributed by atoms with E-state index in [4.69, 9.17) is 4.74 Å². The second-order valence-electron chi connectivity index (χ2n) is 7.18. The highest BCUT2D eigenvalue weighted by molar-refractivity contribution is 14.1. The van der Waals surface area contributed by atoms with Crippen LogP contribution in [0.4, 0.5) is 0 Å². The second kappa shape index (κ2) is 4.32. The van der Waals surface area contributed by atoms with Crippen LogP contribution in [0.5, 0.6) is 0 Å². The molecule has 4 aliphatic rings. The van der Waals surface area contributed by atoms with Gasteiger partial charge >= 0.3 is 5.97 Å². The molecule has 20 heavy (non-hydrogen) atoms. The molecule has 112 valence electrons. The van der Waals surface area contributed by atoms with Gasteiger partial charge in [0.2, 0.25) is 0 Å². The number of hydrogen-bond acceptors (Lipinski definition) is 4. The zero-order chi connectivity index (χ0) is 14.0. The van der Waals surface area contributed by atoms with Crippen molar-refractivity contribution in [3.63, 3.8) is 0 Å². The quantitative estimate of drug-likeness (QED) is 0.335. The Morgan fingerprint density at radius 3 is 2.25 bits per heavy atom. The zero-order valence-corrected chi connectivity index (χ0v) is 14.2. The van der Waals surface area contributed by atoms with Crippen molar-refractivity contribution in [2.45, 2.75) is 79.1 Å². The van der Waals surface area contributed by atoms with E-state index in [1.54, 1.807) is 0 Å². The number of esters is 1. The molecule has 0 aromatic rings. The molecule has 2 aliphatic carbocycles. The average Bonchev–Trinajstić information content (AvgIpc) is 3.07. The molecule has 2 heterocycles. The molecular formula is C15H23IN2O2. The van der Waals surface area contributed by atoms with Gasteiger partial charge in [-0.15, -0.1) is 0 Å². The Hall–Kier alpha value is 0.120. The minimum absolute atomic E-state index is 0.0214. The number of carbonyl (C=O) groups excluding carboxylic acids is 1. The van der Waals surface area contributed by atoms with Gasteiger partial charge in [-0.05, 0) is 51.4 Å². The standard InChI is InChI=1S/C15H23IN2O2/c1-13(16,15-11(17-15)18-15)12(19)20-14(8-4-5-9-14)10-6-2-3-7-10/h10-11,17-18H,2-9H2,1H3. The summed E-state index contributed by atoms with van der Waals surface area (Å²) in [6.07, 6.45) is 10.0. The van der Waals surface area contributed by atoms with Crippen LogP contribution < -0.4 is 10.6 Å². The SMILES string of the molecule is CC(I)(C(=O)OC1(C2CCCC2)CCCC1)C12NC1N2. The first-order valence-corrected chi connectivity index (χ1v) is 9.06. The van der Waals surface area contributed by atoms with E-state index < -0.39 is 3.42 Å². The van der Waals surface area contributed by atoms with Crippen LogP contribution in [-0.4, -0.2) is 26.8 Å². The van der Waals surface area contributed by atoms with Gasteiger partial charge in [0.25, 0.3) is 0 Å². The number of halogens is 1. The van der Waals surface area contributed by atoms with E-state index in [9.17, 15) is 4.79 Å². The number of ether oxygens (including phenoxy) is 1. The summed E-state index contributed by atoms with van der Waals surface area (Å²) < 4.78 is 5.72. The van der Waals surface area contributed by atoms with Gasteiger partial charge in [-0.3, -0.25) is 15.4 Å². The molecule has 4 rings (SSSR count). The molecule has 0 bridgehead atoms. The van der Waals surface area contributed by atoms with E-state index >= 15 is 0 Å². The van der Waals surface area contributed by atoms with Gasteiger partial charge in [-0.2, -0.15) is 0 Å². The topological polar surface area (TPSA) is 70.2 Å². The summed E-state index contributed by atoms with van der Waals surface area (Å²) in [5, 5.41) is 6.63. The number of nitrogens with one attached hydrogen (secondary N) is 2. The predicted octanol–water partition coefficient (Wildman–Crippen LogP) is 2.46. The predicted molar refractivity (Wildman–Crippen MR) is 84.5 cm³/mol. The van der Waals surface area contributed by atoms with Gasteiger partial charge < -0.3 is 4.74 Å². The van der Waals surface area contributed by atoms with Crippen LogP contribution in [0.25, 0.3) is 0 Å². The first-order chi connectivity index (χ1) is 9.50. The molecule has 0 aromatic carbocycles. The molecule has 0 radical (unpaired) electrons. The number of rotatable bonds is 4. The summed E-state index contributed by atoms with van der Waals surface area (Å²) in [6.45, 7) is 2.00. The molecule has 2 N–H and O–H groups in total. The highest BCUT2D eigenvalue weighted by Crippen LogP contribution is 2.54. The van der Waals surface area contributed by atoms with Gasteiger partial charge in [-0.25, -0.2) is 0 Å². The van der Waals surface area contributed by atoms with Crippen LogP contribution in [0.1, 0.15) is 58.3 Å². The molecule has 0 spiro atoms. The van der Waals surface area contributed by atoms with Gasteiger partial charge in [-0.1, -0.05) is 35.4 Å². The summed E-state index contributed by atoms with van der Waals surface area (Å²) >= 11 is 2.27. The highest BCUT2D eigenvalue weighted by atomic mass is 127. The number of alkyl halides is 1. The number of hydrogen-bond donors (Lipinski definition) is 2. The van der Waals surface area contributed by atoms with E-state index in [-0.39, 0.29) is 17.2 Å². The molecule has 4 fully saturated rings. The average molecular weight is 390 g/mol. The first kappa shape index (κ1) is 13.8. The third kappa shape index (κ3) is 1.81. The lowest BCUT2D eigenvalue weighted by molar-refractivity contribution is -0.168. The van der Waals surface area contributed by atoms with E-state index in [1.165, 1.54) is 38.5 Å². The molecule has 5 heteroatoms. The molecular weight excluding hydrogens is 367 g/mol.